The quantitative estimate of drug-likeness (QED) is 0.395. The molecule has 0 aliphatic rings. The Morgan fingerprint density at radius 2 is 1.62 bits per heavy atom. The van der Waals surface area contributed by atoms with E-state index in [-0.39, 0.29) is 11.6 Å². The monoisotopic (exact) mass is 451 g/mol. The van der Waals surface area contributed by atoms with Gasteiger partial charge in [-0.05, 0) is 40.5 Å². The molecule has 0 spiro atoms. The average molecular weight is 452 g/mol. The maximum absolute atomic E-state index is 13.3. The second-order valence-corrected chi connectivity index (χ2v) is 8.26. The van der Waals surface area contributed by atoms with Crippen molar-refractivity contribution in [2.75, 3.05) is 0 Å². The molecule has 1 N–H and O–H groups in total. The smallest absolute Gasteiger partial charge is 0.274 e. The highest BCUT2D eigenvalue weighted by Crippen LogP contribution is 2.30. The van der Waals surface area contributed by atoms with E-state index in [4.69, 9.17) is 5.10 Å². The number of benzene rings is 3. The first-order valence-electron chi connectivity index (χ1n) is 11.3. The van der Waals surface area contributed by atoms with E-state index < -0.39 is 0 Å². The van der Waals surface area contributed by atoms with Crippen molar-refractivity contribution < 1.29 is 0 Å². The number of aromatic nitrogens is 7. The molecule has 8 nitrogen and oxygen atoms in total. The Morgan fingerprint density at radius 3 is 2.29 bits per heavy atom. The molecule has 1 atom stereocenters. The predicted octanol–water partition coefficient (Wildman–Crippen LogP) is 4.44. The Bertz CT molecular complexity index is 1440. The standard InChI is InChI=1S/C26H25N7O/c1-3-18(2)25-29-33(21-9-5-4-6-10-21)26(34)32(25)17-19-13-15-20(16-14-19)22-11-7-8-12-23(22)24-27-30-31-28-24/h4-16,18H,3,17H2,1-2H3,(H,27,28,30,31). The molecule has 0 bridgehead atoms. The van der Waals surface area contributed by atoms with Crippen LogP contribution in [0.25, 0.3) is 28.2 Å². The van der Waals surface area contributed by atoms with Gasteiger partial charge >= 0.3 is 5.69 Å². The number of H-pyrrole nitrogens is 1. The Kier molecular flexibility index (Phi) is 5.86. The highest BCUT2D eigenvalue weighted by molar-refractivity contribution is 5.80. The average Bonchev–Trinajstić information content (AvgIpc) is 3.54. The minimum absolute atomic E-state index is 0.131. The lowest BCUT2D eigenvalue weighted by Gasteiger charge is -2.11. The molecule has 5 aromatic rings. The van der Waals surface area contributed by atoms with Gasteiger partial charge in [0.05, 0.1) is 12.2 Å². The van der Waals surface area contributed by atoms with E-state index in [1.807, 2.05) is 54.6 Å². The minimum atomic E-state index is -0.131. The summed E-state index contributed by atoms with van der Waals surface area (Å²) in [6.45, 7) is 4.67. The van der Waals surface area contributed by atoms with Gasteiger partial charge in [-0.15, -0.1) is 15.3 Å². The normalized spacial score (nSPS) is 12.1. The lowest BCUT2D eigenvalue weighted by molar-refractivity contribution is 0.610. The van der Waals surface area contributed by atoms with Crippen LogP contribution in [0.2, 0.25) is 0 Å². The van der Waals surface area contributed by atoms with E-state index in [1.165, 1.54) is 4.68 Å². The molecule has 8 heteroatoms. The number of aromatic amines is 1. The summed E-state index contributed by atoms with van der Waals surface area (Å²) in [5.41, 5.74) is 4.63. The van der Waals surface area contributed by atoms with Gasteiger partial charge in [-0.3, -0.25) is 4.57 Å². The highest BCUT2D eigenvalue weighted by atomic mass is 16.2. The summed E-state index contributed by atoms with van der Waals surface area (Å²) < 4.78 is 3.28. The summed E-state index contributed by atoms with van der Waals surface area (Å²) in [5.74, 6) is 1.51. The number of nitrogens with zero attached hydrogens (tertiary/aromatic N) is 6. The number of rotatable bonds is 7. The van der Waals surface area contributed by atoms with Crippen molar-refractivity contribution >= 4 is 0 Å². The number of hydrogen-bond acceptors (Lipinski definition) is 5. The van der Waals surface area contributed by atoms with Gasteiger partial charge in [0.25, 0.3) is 0 Å². The molecule has 0 fully saturated rings. The zero-order valence-electron chi connectivity index (χ0n) is 19.1. The number of nitrogens with one attached hydrogen (secondary N) is 1. The maximum atomic E-state index is 13.3. The van der Waals surface area contributed by atoms with Gasteiger partial charge < -0.3 is 0 Å². The Morgan fingerprint density at radius 1 is 0.912 bits per heavy atom. The number of hydrogen-bond donors (Lipinski definition) is 1. The van der Waals surface area contributed by atoms with Crippen LogP contribution in [0.1, 0.15) is 37.6 Å². The Balaban J connectivity index is 1.49. The van der Waals surface area contributed by atoms with E-state index in [2.05, 4.69) is 58.7 Å². The van der Waals surface area contributed by atoms with Crippen molar-refractivity contribution in [1.29, 1.82) is 0 Å². The second kappa shape index (κ2) is 9.27. The molecule has 0 aliphatic heterocycles. The Labute approximate surface area is 196 Å². The van der Waals surface area contributed by atoms with Crippen molar-refractivity contribution in [3.05, 3.63) is 101 Å². The third kappa shape index (κ3) is 4.05. The van der Waals surface area contributed by atoms with Crippen molar-refractivity contribution in [2.24, 2.45) is 0 Å². The van der Waals surface area contributed by atoms with Crippen LogP contribution in [0.5, 0.6) is 0 Å². The van der Waals surface area contributed by atoms with Gasteiger partial charge in [0, 0.05) is 11.5 Å². The lowest BCUT2D eigenvalue weighted by Crippen LogP contribution is -2.25. The van der Waals surface area contributed by atoms with Crippen LogP contribution in [0.4, 0.5) is 0 Å². The highest BCUT2D eigenvalue weighted by Gasteiger charge is 2.19. The van der Waals surface area contributed by atoms with Crippen LogP contribution in [0, 0.1) is 0 Å². The fraction of sp³-hybridized carbons (Fsp3) is 0.192. The summed E-state index contributed by atoms with van der Waals surface area (Å²) in [4.78, 5) is 13.3. The summed E-state index contributed by atoms with van der Waals surface area (Å²) in [7, 11) is 0. The van der Waals surface area contributed by atoms with Crippen molar-refractivity contribution in [3.63, 3.8) is 0 Å². The third-order valence-electron chi connectivity index (χ3n) is 6.06. The SMILES string of the molecule is CCC(C)c1nn(-c2ccccc2)c(=O)n1Cc1ccc(-c2ccccc2-c2nn[nH]n2)cc1. The van der Waals surface area contributed by atoms with Gasteiger partial charge in [0.15, 0.2) is 0 Å². The van der Waals surface area contributed by atoms with Gasteiger partial charge in [0.2, 0.25) is 5.82 Å². The van der Waals surface area contributed by atoms with Crippen LogP contribution < -0.4 is 5.69 Å². The van der Waals surface area contributed by atoms with E-state index in [0.717, 1.165) is 40.2 Å². The minimum Gasteiger partial charge on any atom is -0.274 e. The first-order valence-corrected chi connectivity index (χ1v) is 11.3. The molecular formula is C26H25N7O. The molecule has 2 heterocycles. The van der Waals surface area contributed by atoms with Gasteiger partial charge in [-0.2, -0.15) is 9.90 Å². The van der Waals surface area contributed by atoms with Gasteiger partial charge in [0.1, 0.15) is 5.82 Å². The van der Waals surface area contributed by atoms with E-state index in [1.54, 1.807) is 4.57 Å². The summed E-state index contributed by atoms with van der Waals surface area (Å²) >= 11 is 0. The Hall–Kier alpha value is -4.33. The topological polar surface area (TPSA) is 94.3 Å². The molecule has 5 rings (SSSR count). The number of tetrazole rings is 1. The predicted molar refractivity (Wildman–Crippen MR) is 131 cm³/mol. The maximum Gasteiger partial charge on any atom is 0.351 e. The van der Waals surface area contributed by atoms with E-state index >= 15 is 0 Å². The fourth-order valence-electron chi connectivity index (χ4n) is 4.02. The largest absolute Gasteiger partial charge is 0.351 e. The van der Waals surface area contributed by atoms with Gasteiger partial charge in [-0.1, -0.05) is 80.6 Å². The summed E-state index contributed by atoms with van der Waals surface area (Å²) in [6, 6.07) is 25.7. The van der Waals surface area contributed by atoms with E-state index in [9.17, 15) is 4.79 Å². The molecule has 0 saturated heterocycles. The lowest BCUT2D eigenvalue weighted by atomic mass is 9.98. The second-order valence-electron chi connectivity index (χ2n) is 8.26. The molecule has 0 aliphatic carbocycles. The number of para-hydroxylation sites is 1. The molecule has 0 saturated carbocycles. The van der Waals surface area contributed by atoms with Crippen LogP contribution in [0.15, 0.2) is 83.7 Å². The van der Waals surface area contributed by atoms with Crippen LogP contribution in [-0.2, 0) is 6.54 Å². The first kappa shape index (κ1) is 21.5. The molecule has 0 amide bonds. The molecule has 3 aromatic carbocycles. The molecular weight excluding hydrogens is 426 g/mol. The first-order chi connectivity index (χ1) is 16.7. The molecule has 0 radical (unpaired) electrons. The third-order valence-corrected chi connectivity index (χ3v) is 6.06. The van der Waals surface area contributed by atoms with Crippen LogP contribution in [-0.4, -0.2) is 35.0 Å². The molecule has 34 heavy (non-hydrogen) atoms. The molecule has 170 valence electrons. The van der Waals surface area contributed by atoms with Crippen LogP contribution >= 0.6 is 0 Å². The fourth-order valence-corrected chi connectivity index (χ4v) is 4.02. The summed E-state index contributed by atoms with van der Waals surface area (Å²) in [5, 5.41) is 19.1. The van der Waals surface area contributed by atoms with Crippen molar-refractivity contribution in [2.45, 2.75) is 32.7 Å². The van der Waals surface area contributed by atoms with Crippen molar-refractivity contribution in [1.82, 2.24) is 35.0 Å². The molecule has 2 aromatic heterocycles. The van der Waals surface area contributed by atoms with Gasteiger partial charge in [-0.25, -0.2) is 4.79 Å². The summed E-state index contributed by atoms with van der Waals surface area (Å²) in [6.07, 6.45) is 0.900. The van der Waals surface area contributed by atoms with Crippen LogP contribution in [0.3, 0.4) is 0 Å². The molecule has 1 unspecified atom stereocenters. The van der Waals surface area contributed by atoms with E-state index in [0.29, 0.717) is 12.4 Å². The zero-order chi connectivity index (χ0) is 23.5. The zero-order valence-corrected chi connectivity index (χ0v) is 19.1. The van der Waals surface area contributed by atoms with Crippen molar-refractivity contribution in [3.8, 4) is 28.2 Å².